The Hall–Kier alpha value is -4.17. The van der Waals surface area contributed by atoms with Gasteiger partial charge in [-0.25, -0.2) is 13.6 Å². The fourth-order valence-corrected chi connectivity index (χ4v) is 3.29. The maximum Gasteiger partial charge on any atom is 0.275 e. The van der Waals surface area contributed by atoms with Crippen LogP contribution in [0.25, 0.3) is 0 Å². The fraction of sp³-hybridized carbons (Fsp3) is 0.238. The van der Waals surface area contributed by atoms with Crippen LogP contribution in [0.2, 0.25) is 0 Å². The van der Waals surface area contributed by atoms with Crippen LogP contribution in [0.4, 0.5) is 23.5 Å². The lowest BCUT2D eigenvalue weighted by atomic mass is 10.2. The van der Waals surface area contributed by atoms with Gasteiger partial charge in [-0.15, -0.1) is 10.2 Å². The molecule has 0 fully saturated rings. The van der Waals surface area contributed by atoms with Crippen LogP contribution >= 0.6 is 0 Å². The Bertz CT molecular complexity index is 1290. The molecule has 0 saturated carbocycles. The highest BCUT2D eigenvalue weighted by molar-refractivity contribution is 7.89. The van der Waals surface area contributed by atoms with E-state index < -0.39 is 10.0 Å². The third-order valence-electron chi connectivity index (χ3n) is 4.35. The molecule has 3 aromatic rings. The molecule has 3 rings (SSSR count). The van der Waals surface area contributed by atoms with Gasteiger partial charge in [0.25, 0.3) is 5.95 Å². The average molecular weight is 499 g/mol. The van der Waals surface area contributed by atoms with Gasteiger partial charge < -0.3 is 15.4 Å². The summed E-state index contributed by atoms with van der Waals surface area (Å²) in [7, 11) is -2.27. The van der Waals surface area contributed by atoms with Crippen LogP contribution < -0.4 is 25.9 Å². The highest BCUT2D eigenvalue weighted by Crippen LogP contribution is 2.21. The Morgan fingerprint density at radius 3 is 2.17 bits per heavy atom. The molecule has 0 radical (unpaired) electrons. The molecular weight excluding hydrogens is 472 g/mol. The Kier molecular flexibility index (Phi) is 8.58. The van der Waals surface area contributed by atoms with Crippen LogP contribution in [0.3, 0.4) is 0 Å². The summed E-state index contributed by atoms with van der Waals surface area (Å²) in [5, 5.41) is 24.0. The number of azo groups is 1. The molecule has 1 heterocycles. The zero-order chi connectivity index (χ0) is 25.3. The van der Waals surface area contributed by atoms with Crippen LogP contribution in [-0.2, 0) is 10.0 Å². The summed E-state index contributed by atoms with van der Waals surface area (Å²) in [6.07, 6.45) is 0. The molecule has 0 saturated heterocycles. The number of hydrazone groups is 1. The number of nitrogens with zero attached hydrogens (tertiary/aromatic N) is 6. The highest BCUT2D eigenvalue weighted by Gasteiger charge is 2.12. The number of rotatable bonds is 10. The summed E-state index contributed by atoms with van der Waals surface area (Å²) in [5.74, 6) is 1.49. The Morgan fingerprint density at radius 2 is 1.60 bits per heavy atom. The monoisotopic (exact) mass is 498 g/mol. The van der Waals surface area contributed by atoms with Crippen LogP contribution in [0, 0.1) is 0 Å². The van der Waals surface area contributed by atoms with Crippen molar-refractivity contribution in [3.05, 3.63) is 54.1 Å². The topological polar surface area (TPSA) is 181 Å². The number of nitrogens with one attached hydrogen (secondary N) is 3. The van der Waals surface area contributed by atoms with Crippen LogP contribution in [0.15, 0.2) is 68.8 Å². The van der Waals surface area contributed by atoms with Gasteiger partial charge >= 0.3 is 0 Å². The molecule has 0 aliphatic rings. The molecule has 0 amide bonds. The molecule has 1 aromatic heterocycles. The van der Waals surface area contributed by atoms with Crippen molar-refractivity contribution < 1.29 is 13.2 Å². The Balaban J connectivity index is 1.97. The van der Waals surface area contributed by atoms with Gasteiger partial charge in [-0.1, -0.05) is 12.1 Å². The van der Waals surface area contributed by atoms with Crippen molar-refractivity contribution in [3.63, 3.8) is 0 Å². The van der Waals surface area contributed by atoms with E-state index in [1.807, 2.05) is 19.9 Å². The summed E-state index contributed by atoms with van der Waals surface area (Å²) in [6, 6.07) is 12.9. The van der Waals surface area contributed by atoms with Gasteiger partial charge in [-0.05, 0) is 50.2 Å². The summed E-state index contributed by atoms with van der Waals surface area (Å²) in [5.41, 5.74) is 3.90. The molecule has 13 nitrogen and oxygen atoms in total. The number of ether oxygens (including phenoxy) is 1. The van der Waals surface area contributed by atoms with E-state index in [1.165, 1.54) is 31.4 Å². The molecule has 0 spiro atoms. The van der Waals surface area contributed by atoms with E-state index in [9.17, 15) is 8.42 Å². The predicted octanol–water partition coefficient (Wildman–Crippen LogP) is 2.95. The lowest BCUT2D eigenvalue weighted by molar-refractivity contribution is 0.414. The quantitative estimate of drug-likeness (QED) is 0.141. The summed E-state index contributed by atoms with van der Waals surface area (Å²) in [6.45, 7) is 5.08. The normalized spacial score (nSPS) is 11.9. The first-order valence-corrected chi connectivity index (χ1v) is 12.1. The van der Waals surface area contributed by atoms with Crippen molar-refractivity contribution in [2.45, 2.75) is 18.7 Å². The zero-order valence-corrected chi connectivity index (χ0v) is 20.2. The summed E-state index contributed by atoms with van der Waals surface area (Å²) >= 11 is 0. The van der Waals surface area contributed by atoms with E-state index >= 15 is 0 Å². The highest BCUT2D eigenvalue weighted by atomic mass is 32.2. The fourth-order valence-electron chi connectivity index (χ4n) is 2.78. The van der Waals surface area contributed by atoms with E-state index in [-0.39, 0.29) is 16.7 Å². The van der Waals surface area contributed by atoms with Crippen molar-refractivity contribution in [1.29, 1.82) is 0 Å². The van der Waals surface area contributed by atoms with Gasteiger partial charge in [0.2, 0.25) is 27.8 Å². The van der Waals surface area contributed by atoms with Gasteiger partial charge in [0.15, 0.2) is 0 Å². The molecule has 0 aliphatic heterocycles. The van der Waals surface area contributed by atoms with E-state index in [0.29, 0.717) is 42.0 Å². The van der Waals surface area contributed by atoms with Crippen molar-refractivity contribution in [3.8, 4) is 5.75 Å². The molecular formula is C21H26N10O3S. The molecule has 35 heavy (non-hydrogen) atoms. The minimum absolute atomic E-state index is 0.0144. The van der Waals surface area contributed by atoms with E-state index in [4.69, 9.17) is 9.88 Å². The van der Waals surface area contributed by atoms with Gasteiger partial charge in [0.05, 0.1) is 23.3 Å². The predicted molar refractivity (Wildman–Crippen MR) is 134 cm³/mol. The first kappa shape index (κ1) is 25.5. The number of hydrogen-bond donors (Lipinski definition) is 4. The van der Waals surface area contributed by atoms with Gasteiger partial charge in [-0.2, -0.15) is 20.1 Å². The SMILES string of the molecule is CCNc1nc(N=N/C(=N\Nc2ccc(S(N)(=O)=O)cc2)c2ccccc2OC)nc(NCC)n1. The minimum atomic E-state index is -3.80. The number of hydrogen-bond acceptors (Lipinski definition) is 11. The molecule has 5 N–H and O–H groups in total. The molecule has 0 atom stereocenters. The third kappa shape index (κ3) is 7.15. The van der Waals surface area contributed by atoms with Crippen molar-refractivity contribution in [2.24, 2.45) is 20.5 Å². The zero-order valence-electron chi connectivity index (χ0n) is 19.4. The second-order valence-corrected chi connectivity index (χ2v) is 8.42. The van der Waals surface area contributed by atoms with Crippen molar-refractivity contribution in [2.75, 3.05) is 36.3 Å². The number of amidine groups is 1. The smallest absolute Gasteiger partial charge is 0.275 e. The van der Waals surface area contributed by atoms with E-state index in [0.717, 1.165) is 0 Å². The van der Waals surface area contributed by atoms with Gasteiger partial charge in [-0.3, -0.25) is 5.43 Å². The molecule has 0 unspecified atom stereocenters. The van der Waals surface area contributed by atoms with Crippen LogP contribution in [-0.4, -0.2) is 49.4 Å². The Labute approximate surface area is 203 Å². The number of para-hydroxylation sites is 1. The number of sulfonamides is 1. The molecule has 2 aromatic carbocycles. The molecule has 0 bridgehead atoms. The number of aromatic nitrogens is 3. The molecule has 14 heteroatoms. The number of nitrogens with two attached hydrogens (primary N) is 1. The van der Waals surface area contributed by atoms with Crippen LogP contribution in [0.1, 0.15) is 19.4 Å². The lowest BCUT2D eigenvalue weighted by Crippen LogP contribution is -2.11. The maximum absolute atomic E-state index is 11.5. The number of methoxy groups -OCH3 is 1. The van der Waals surface area contributed by atoms with E-state index in [1.54, 1.807) is 18.2 Å². The average Bonchev–Trinajstić information content (AvgIpc) is 2.84. The lowest BCUT2D eigenvalue weighted by Gasteiger charge is -2.08. The second-order valence-electron chi connectivity index (χ2n) is 6.86. The summed E-state index contributed by atoms with van der Waals surface area (Å²) in [4.78, 5) is 12.8. The maximum atomic E-state index is 11.5. The second kappa shape index (κ2) is 11.8. The van der Waals surface area contributed by atoms with Crippen molar-refractivity contribution >= 4 is 39.4 Å². The van der Waals surface area contributed by atoms with E-state index in [2.05, 4.69) is 46.3 Å². The molecule has 0 aliphatic carbocycles. The number of benzene rings is 2. The number of anilines is 3. The first-order chi connectivity index (χ1) is 16.8. The van der Waals surface area contributed by atoms with Gasteiger partial charge in [0, 0.05) is 13.1 Å². The Morgan fingerprint density at radius 1 is 0.971 bits per heavy atom. The van der Waals surface area contributed by atoms with Gasteiger partial charge in [0.1, 0.15) is 5.75 Å². The summed E-state index contributed by atoms with van der Waals surface area (Å²) < 4.78 is 28.4. The standard InChI is InChI=1S/C21H26N10O3S/c1-4-23-19-25-20(24-5-2)27-21(26-19)31-30-18(16-8-6-7-9-17(16)34-3)29-28-14-10-12-15(13-11-14)35(22,32)33/h6-13,28H,4-5H2,1-3H3,(H2,22,32,33)(H2,23,24,25,26,27)/b29-18-,31-30?. The van der Waals surface area contributed by atoms with Crippen LogP contribution in [0.5, 0.6) is 5.75 Å². The van der Waals surface area contributed by atoms with Crippen molar-refractivity contribution in [1.82, 2.24) is 15.0 Å². The minimum Gasteiger partial charge on any atom is -0.496 e. The third-order valence-corrected chi connectivity index (χ3v) is 5.28. The number of primary sulfonamides is 1. The largest absolute Gasteiger partial charge is 0.496 e. The molecule has 184 valence electrons. The first-order valence-electron chi connectivity index (χ1n) is 10.6.